The second kappa shape index (κ2) is 11.8. The molecule has 0 spiro atoms. The Bertz CT molecular complexity index is 1600. The summed E-state index contributed by atoms with van der Waals surface area (Å²) in [5.74, 6) is 0.976. The number of sulfonamides is 1. The molecule has 4 aromatic rings. The first-order valence-corrected chi connectivity index (χ1v) is 16.2. The van der Waals surface area contributed by atoms with E-state index in [-0.39, 0.29) is 11.4 Å². The zero-order chi connectivity index (χ0) is 29.2. The molecule has 216 valence electrons. The fourth-order valence-corrected chi connectivity index (χ4v) is 7.49. The van der Waals surface area contributed by atoms with Crippen LogP contribution in [0.2, 0.25) is 0 Å². The standard InChI is InChI=1S/C31H37N5O3S2/c1-22-8-10-26(11-9-22)36-29(20-28(34-36)31(2,3)4)33-30(37)32-25-7-5-6-24(19-25)18-23-12-15-35(16-13-23)41(38,39)27-14-17-40-21-27/h5-11,14,17,19-21,23H,12-13,15-16,18H2,1-4H3,(H2,32,33,37). The van der Waals surface area contributed by atoms with Crippen molar-refractivity contribution >= 4 is 38.9 Å². The van der Waals surface area contributed by atoms with Gasteiger partial charge in [-0.3, -0.25) is 5.32 Å². The molecule has 1 saturated heterocycles. The molecule has 2 amide bonds. The molecule has 41 heavy (non-hydrogen) atoms. The highest BCUT2D eigenvalue weighted by Gasteiger charge is 2.29. The van der Waals surface area contributed by atoms with E-state index in [1.807, 2.05) is 55.5 Å². The Morgan fingerprint density at radius 3 is 2.41 bits per heavy atom. The van der Waals surface area contributed by atoms with E-state index in [4.69, 9.17) is 5.10 Å². The Labute approximate surface area is 246 Å². The number of anilines is 2. The van der Waals surface area contributed by atoms with Crippen LogP contribution in [0.15, 0.2) is 76.3 Å². The van der Waals surface area contributed by atoms with Crippen LogP contribution in [0.4, 0.5) is 16.3 Å². The number of aryl methyl sites for hydroxylation is 1. The van der Waals surface area contributed by atoms with Crippen LogP contribution < -0.4 is 10.6 Å². The summed E-state index contributed by atoms with van der Waals surface area (Å²) in [5, 5.41) is 14.2. The van der Waals surface area contributed by atoms with E-state index in [0.717, 1.165) is 41.8 Å². The summed E-state index contributed by atoms with van der Waals surface area (Å²) in [6.45, 7) is 9.36. The van der Waals surface area contributed by atoms with E-state index < -0.39 is 10.0 Å². The summed E-state index contributed by atoms with van der Waals surface area (Å²) < 4.78 is 29.0. The van der Waals surface area contributed by atoms with Gasteiger partial charge in [0.1, 0.15) is 5.82 Å². The van der Waals surface area contributed by atoms with Gasteiger partial charge in [-0.1, -0.05) is 50.6 Å². The number of urea groups is 1. The summed E-state index contributed by atoms with van der Waals surface area (Å²) in [7, 11) is -3.41. The van der Waals surface area contributed by atoms with Gasteiger partial charge in [0.15, 0.2) is 0 Å². The van der Waals surface area contributed by atoms with Gasteiger partial charge in [0.2, 0.25) is 10.0 Å². The van der Waals surface area contributed by atoms with Gasteiger partial charge >= 0.3 is 6.03 Å². The Morgan fingerprint density at radius 2 is 1.76 bits per heavy atom. The molecule has 2 aromatic heterocycles. The first-order valence-electron chi connectivity index (χ1n) is 13.9. The lowest BCUT2D eigenvalue weighted by Crippen LogP contribution is -2.38. The first kappa shape index (κ1) is 29.0. The highest BCUT2D eigenvalue weighted by Crippen LogP contribution is 2.29. The monoisotopic (exact) mass is 591 g/mol. The number of aromatic nitrogens is 2. The number of thiophene rings is 1. The normalized spacial score (nSPS) is 15.1. The number of nitrogens with zero attached hydrogens (tertiary/aromatic N) is 3. The minimum atomic E-state index is -3.41. The van der Waals surface area contributed by atoms with Gasteiger partial charge in [-0.05, 0) is 73.4 Å². The molecule has 0 saturated carbocycles. The molecule has 0 atom stereocenters. The van der Waals surface area contributed by atoms with Crippen molar-refractivity contribution < 1.29 is 13.2 Å². The Kier molecular flexibility index (Phi) is 8.35. The molecule has 2 aromatic carbocycles. The minimum Gasteiger partial charge on any atom is -0.308 e. The maximum absolute atomic E-state index is 13.1. The SMILES string of the molecule is Cc1ccc(-n2nc(C(C)(C)C)cc2NC(=O)Nc2cccc(CC3CCN(S(=O)(=O)c4ccsc4)CC3)c2)cc1. The van der Waals surface area contributed by atoms with Crippen molar-refractivity contribution in [3.8, 4) is 5.69 Å². The summed E-state index contributed by atoms with van der Waals surface area (Å²) in [6, 6.07) is 19.1. The number of benzene rings is 2. The van der Waals surface area contributed by atoms with Crippen LogP contribution in [-0.4, -0.2) is 41.6 Å². The maximum Gasteiger partial charge on any atom is 0.324 e. The number of nitrogens with one attached hydrogen (secondary N) is 2. The van der Waals surface area contributed by atoms with Crippen LogP contribution in [-0.2, 0) is 21.9 Å². The Balaban J connectivity index is 1.22. The Morgan fingerprint density at radius 1 is 1.02 bits per heavy atom. The molecule has 0 bridgehead atoms. The third kappa shape index (κ3) is 6.89. The summed E-state index contributed by atoms with van der Waals surface area (Å²) >= 11 is 1.40. The van der Waals surface area contributed by atoms with E-state index >= 15 is 0 Å². The lowest BCUT2D eigenvalue weighted by atomic mass is 9.91. The molecule has 0 radical (unpaired) electrons. The van der Waals surface area contributed by atoms with E-state index in [0.29, 0.717) is 35.4 Å². The molecule has 0 unspecified atom stereocenters. The van der Waals surface area contributed by atoms with Crippen molar-refractivity contribution in [2.45, 2.75) is 57.3 Å². The maximum atomic E-state index is 13.1. The lowest BCUT2D eigenvalue weighted by Gasteiger charge is -2.31. The van der Waals surface area contributed by atoms with Crippen LogP contribution >= 0.6 is 11.3 Å². The van der Waals surface area contributed by atoms with Gasteiger partial charge in [0.05, 0.1) is 16.3 Å². The molecule has 3 heterocycles. The second-order valence-electron chi connectivity index (χ2n) is 11.7. The summed E-state index contributed by atoms with van der Waals surface area (Å²) in [5.41, 5.74) is 4.54. The van der Waals surface area contributed by atoms with Crippen molar-refractivity contribution in [1.82, 2.24) is 14.1 Å². The number of hydrogen-bond acceptors (Lipinski definition) is 5. The molecule has 1 aliphatic heterocycles. The van der Waals surface area contributed by atoms with Crippen LogP contribution in [0.1, 0.15) is 50.4 Å². The molecule has 2 N–H and O–H groups in total. The summed E-state index contributed by atoms with van der Waals surface area (Å²) in [6.07, 6.45) is 2.44. The number of hydrogen-bond donors (Lipinski definition) is 2. The Hall–Kier alpha value is -3.47. The molecular weight excluding hydrogens is 555 g/mol. The van der Waals surface area contributed by atoms with Gasteiger partial charge in [-0.15, -0.1) is 0 Å². The van der Waals surface area contributed by atoms with Crippen molar-refractivity contribution in [2.24, 2.45) is 5.92 Å². The quantitative estimate of drug-likeness (QED) is 0.246. The molecule has 1 aliphatic rings. The predicted molar refractivity (Wildman–Crippen MR) is 166 cm³/mol. The molecule has 5 rings (SSSR count). The zero-order valence-electron chi connectivity index (χ0n) is 23.9. The van der Waals surface area contributed by atoms with Crippen molar-refractivity contribution in [3.63, 3.8) is 0 Å². The predicted octanol–water partition coefficient (Wildman–Crippen LogP) is 6.83. The number of carbonyl (C=O) groups is 1. The topological polar surface area (TPSA) is 96.3 Å². The first-order chi connectivity index (χ1) is 19.5. The van der Waals surface area contributed by atoms with E-state index in [1.54, 1.807) is 25.8 Å². The van der Waals surface area contributed by atoms with Gasteiger partial charge < -0.3 is 5.32 Å². The smallest absolute Gasteiger partial charge is 0.308 e. The molecule has 10 heteroatoms. The zero-order valence-corrected chi connectivity index (χ0v) is 25.6. The van der Waals surface area contributed by atoms with Crippen LogP contribution in [0.3, 0.4) is 0 Å². The van der Waals surface area contributed by atoms with Crippen molar-refractivity contribution in [1.29, 1.82) is 0 Å². The van der Waals surface area contributed by atoms with Gasteiger partial charge in [0.25, 0.3) is 0 Å². The number of carbonyl (C=O) groups excluding carboxylic acids is 1. The molecule has 0 aliphatic carbocycles. The third-order valence-corrected chi connectivity index (χ3v) is 10.1. The van der Waals surface area contributed by atoms with Crippen molar-refractivity contribution in [2.75, 3.05) is 23.7 Å². The molecular formula is C31H37N5O3S2. The van der Waals surface area contributed by atoms with Crippen molar-refractivity contribution in [3.05, 3.63) is 88.2 Å². The second-order valence-corrected chi connectivity index (χ2v) is 14.4. The third-order valence-electron chi connectivity index (χ3n) is 7.41. The van der Waals surface area contributed by atoms with E-state index in [9.17, 15) is 13.2 Å². The largest absolute Gasteiger partial charge is 0.324 e. The number of amides is 2. The van der Waals surface area contributed by atoms with Crippen LogP contribution in [0, 0.1) is 12.8 Å². The average molecular weight is 592 g/mol. The van der Waals surface area contributed by atoms with Gasteiger partial charge in [-0.2, -0.15) is 20.7 Å². The highest BCUT2D eigenvalue weighted by molar-refractivity contribution is 7.89. The lowest BCUT2D eigenvalue weighted by molar-refractivity contribution is 0.262. The summed E-state index contributed by atoms with van der Waals surface area (Å²) in [4.78, 5) is 13.5. The average Bonchev–Trinajstić information content (AvgIpc) is 3.61. The van der Waals surface area contributed by atoms with Crippen LogP contribution in [0.5, 0.6) is 0 Å². The minimum absolute atomic E-state index is 0.179. The molecule has 8 nitrogen and oxygen atoms in total. The molecule has 1 fully saturated rings. The van der Waals surface area contributed by atoms with Gasteiger partial charge in [0, 0.05) is 35.6 Å². The highest BCUT2D eigenvalue weighted by atomic mass is 32.2. The fraction of sp³-hybridized carbons (Fsp3) is 0.355. The van der Waals surface area contributed by atoms with E-state index in [2.05, 4.69) is 37.5 Å². The van der Waals surface area contributed by atoms with Gasteiger partial charge in [-0.25, -0.2) is 17.9 Å². The van der Waals surface area contributed by atoms with E-state index in [1.165, 1.54) is 11.3 Å². The fourth-order valence-electron chi connectivity index (χ4n) is 5.01. The number of rotatable bonds is 7. The van der Waals surface area contributed by atoms with Crippen LogP contribution in [0.25, 0.3) is 5.69 Å². The number of piperidine rings is 1.